The average molecular weight is 1090 g/mol. The van der Waals surface area contributed by atoms with Gasteiger partial charge in [0.15, 0.2) is 6.10 Å². The zero-order chi connectivity index (χ0) is 57.0. The van der Waals surface area contributed by atoms with Crippen LogP contribution < -0.4 is 4.89 Å². The van der Waals surface area contributed by atoms with E-state index in [1.54, 1.807) is 0 Å². The number of phosphoric acid groups is 1. The quantitative estimate of drug-likeness (QED) is 0.0195. The second kappa shape index (κ2) is 56.6. The number of likely N-dealkylation sites (N-methyl/N-ethyl adjacent to an activating group) is 1. The third-order valence-electron chi connectivity index (χ3n) is 11.1. The summed E-state index contributed by atoms with van der Waals surface area (Å²) in [4.78, 5) is 37.8. The first-order valence-corrected chi connectivity index (χ1v) is 30.6. The smallest absolute Gasteiger partial charge is 0.306 e. The van der Waals surface area contributed by atoms with Crippen LogP contribution in [0.25, 0.3) is 0 Å². The molecule has 2 unspecified atom stereocenters. The molecular formula is C68H104NO8P. The van der Waals surface area contributed by atoms with Gasteiger partial charge in [0.05, 0.1) is 27.7 Å². The fourth-order valence-electron chi connectivity index (χ4n) is 6.71. The number of rotatable bonds is 50. The molecular weight excluding hydrogens is 990 g/mol. The molecule has 0 aliphatic carbocycles. The first kappa shape index (κ1) is 72.8. The minimum Gasteiger partial charge on any atom is -0.756 e. The molecule has 0 aromatic carbocycles. The van der Waals surface area contributed by atoms with Crippen molar-refractivity contribution >= 4 is 19.8 Å². The molecule has 434 valence electrons. The largest absolute Gasteiger partial charge is 0.756 e. The molecule has 78 heavy (non-hydrogen) atoms. The van der Waals surface area contributed by atoms with Crippen molar-refractivity contribution < 1.29 is 42.1 Å². The van der Waals surface area contributed by atoms with Crippen LogP contribution >= 0.6 is 7.82 Å². The van der Waals surface area contributed by atoms with E-state index in [0.717, 1.165) is 128 Å². The number of hydrogen-bond acceptors (Lipinski definition) is 8. The molecule has 0 N–H and O–H groups in total. The number of ether oxygens (including phenoxy) is 2. The van der Waals surface area contributed by atoms with Crippen LogP contribution in [-0.4, -0.2) is 70.0 Å². The van der Waals surface area contributed by atoms with Gasteiger partial charge in [-0.2, -0.15) is 0 Å². The maximum atomic E-state index is 12.8. The summed E-state index contributed by atoms with van der Waals surface area (Å²) in [5, 5.41) is 0. The molecule has 0 saturated heterocycles. The Kier molecular flexibility index (Phi) is 52.8. The van der Waals surface area contributed by atoms with Gasteiger partial charge in [-0.1, -0.05) is 221 Å². The topological polar surface area (TPSA) is 111 Å². The van der Waals surface area contributed by atoms with E-state index in [1.807, 2.05) is 33.3 Å². The highest BCUT2D eigenvalue weighted by Crippen LogP contribution is 2.38. The average Bonchev–Trinajstić information content (AvgIpc) is 3.41. The Hall–Kier alpha value is -5.15. The lowest BCUT2D eigenvalue weighted by atomic mass is 10.1. The van der Waals surface area contributed by atoms with Gasteiger partial charge < -0.3 is 27.9 Å². The van der Waals surface area contributed by atoms with Crippen LogP contribution in [0.4, 0.5) is 0 Å². The van der Waals surface area contributed by atoms with E-state index in [0.29, 0.717) is 23.9 Å². The van der Waals surface area contributed by atoms with E-state index in [1.165, 1.54) is 0 Å². The Bertz CT molecular complexity index is 2010. The zero-order valence-electron chi connectivity index (χ0n) is 49.0. The van der Waals surface area contributed by atoms with Gasteiger partial charge in [0.1, 0.15) is 19.8 Å². The summed E-state index contributed by atoms with van der Waals surface area (Å²) in [7, 11) is 1.07. The number of unbranched alkanes of at least 4 members (excludes halogenated alkanes) is 4. The Balaban J connectivity index is 4.36. The van der Waals surface area contributed by atoms with Gasteiger partial charge in [0.25, 0.3) is 7.82 Å². The molecule has 0 aromatic heterocycles. The highest BCUT2D eigenvalue weighted by molar-refractivity contribution is 7.45. The first-order valence-electron chi connectivity index (χ1n) is 29.1. The minimum absolute atomic E-state index is 0.0598. The van der Waals surface area contributed by atoms with Crippen molar-refractivity contribution in [1.29, 1.82) is 0 Å². The van der Waals surface area contributed by atoms with Crippen molar-refractivity contribution in [3.05, 3.63) is 194 Å². The molecule has 0 amide bonds. The number of esters is 2. The Labute approximate surface area is 475 Å². The van der Waals surface area contributed by atoms with E-state index in [2.05, 4.69) is 196 Å². The van der Waals surface area contributed by atoms with E-state index < -0.39 is 32.5 Å². The molecule has 0 aliphatic heterocycles. The third kappa shape index (κ3) is 60.1. The molecule has 0 radical (unpaired) electrons. The molecule has 9 nitrogen and oxygen atoms in total. The molecule has 0 heterocycles. The summed E-state index contributed by atoms with van der Waals surface area (Å²) in [5.74, 6) is -0.982. The summed E-state index contributed by atoms with van der Waals surface area (Å²) < 4.78 is 34.0. The lowest BCUT2D eigenvalue weighted by molar-refractivity contribution is -0.870. The fraction of sp³-hybridized carbons (Fsp3) is 0.500. The van der Waals surface area contributed by atoms with Crippen LogP contribution in [0, 0.1) is 0 Å². The monoisotopic (exact) mass is 1090 g/mol. The van der Waals surface area contributed by atoms with Gasteiger partial charge in [-0.25, -0.2) is 0 Å². The molecule has 2 atom stereocenters. The van der Waals surface area contributed by atoms with Crippen LogP contribution in [0.5, 0.6) is 0 Å². The van der Waals surface area contributed by atoms with Crippen LogP contribution in [0.1, 0.15) is 168 Å². The Morgan fingerprint density at radius 1 is 0.397 bits per heavy atom. The maximum absolute atomic E-state index is 12.8. The van der Waals surface area contributed by atoms with Crippen molar-refractivity contribution in [3.8, 4) is 0 Å². The van der Waals surface area contributed by atoms with Crippen molar-refractivity contribution in [1.82, 2.24) is 0 Å². The van der Waals surface area contributed by atoms with E-state index in [9.17, 15) is 19.0 Å². The molecule has 0 aliphatic rings. The van der Waals surface area contributed by atoms with E-state index >= 15 is 0 Å². The number of hydrogen-bond donors (Lipinski definition) is 0. The molecule has 0 fully saturated rings. The van der Waals surface area contributed by atoms with Gasteiger partial charge in [-0.3, -0.25) is 14.2 Å². The summed E-state index contributed by atoms with van der Waals surface area (Å²) in [6.07, 6.45) is 89.3. The zero-order valence-corrected chi connectivity index (χ0v) is 49.9. The van der Waals surface area contributed by atoms with Crippen molar-refractivity contribution in [2.24, 2.45) is 0 Å². The van der Waals surface area contributed by atoms with Crippen molar-refractivity contribution in [2.45, 2.75) is 174 Å². The van der Waals surface area contributed by atoms with Crippen molar-refractivity contribution in [3.63, 3.8) is 0 Å². The third-order valence-corrected chi connectivity index (χ3v) is 12.1. The predicted octanol–water partition coefficient (Wildman–Crippen LogP) is 18.0. The van der Waals surface area contributed by atoms with Gasteiger partial charge in [-0.15, -0.1) is 0 Å². The van der Waals surface area contributed by atoms with Gasteiger partial charge >= 0.3 is 11.9 Å². The van der Waals surface area contributed by atoms with Gasteiger partial charge in [0.2, 0.25) is 0 Å². The predicted molar refractivity (Wildman–Crippen MR) is 332 cm³/mol. The van der Waals surface area contributed by atoms with E-state index in [4.69, 9.17) is 18.5 Å². The van der Waals surface area contributed by atoms with E-state index in [-0.39, 0.29) is 26.1 Å². The highest BCUT2D eigenvalue weighted by Gasteiger charge is 2.21. The lowest BCUT2D eigenvalue weighted by Gasteiger charge is -2.28. The lowest BCUT2D eigenvalue weighted by Crippen LogP contribution is -2.37. The number of nitrogens with zero attached hydrogens (tertiary/aromatic N) is 1. The standard InChI is InChI=1S/C68H104NO8P/c1-6-8-10-12-14-16-18-20-22-24-26-27-28-29-30-31-32-33-34-35-36-37-38-39-40-41-43-45-47-49-51-53-55-57-59-61-68(71)77-66(65-76-78(72,73)75-63-62-69(3,4)5)64-74-67(70)60-58-56-54-52-50-48-46-44-42-25-23-21-19-17-15-13-11-9-7-2/h8-11,14-17,20-23,26-27,29-30,32-33,35-36,38-39,41-44,47-50,54,56,66H,6-7,12-13,18-19,24-25,28,31,34,37,40,45-46,51-53,55,57-65H2,1-5H3/b10-8-,11-9-,16-14-,17-15-,22-20-,23-21-,27-26-,30-29-,33-32-,36-35-,39-38-,43-41-,44-42-,49-47-,50-48-,56-54-. The van der Waals surface area contributed by atoms with Crippen LogP contribution in [0.2, 0.25) is 0 Å². The summed E-state index contributed by atoms with van der Waals surface area (Å²) in [5.41, 5.74) is 0. The molecule has 0 aromatic rings. The van der Waals surface area contributed by atoms with Gasteiger partial charge in [-0.05, 0) is 128 Å². The van der Waals surface area contributed by atoms with Crippen LogP contribution in [0.15, 0.2) is 194 Å². The normalized spacial score (nSPS) is 14.7. The summed E-state index contributed by atoms with van der Waals surface area (Å²) >= 11 is 0. The number of allylic oxidation sites excluding steroid dienone is 32. The van der Waals surface area contributed by atoms with Gasteiger partial charge in [0, 0.05) is 12.8 Å². The second-order valence-electron chi connectivity index (χ2n) is 19.5. The summed E-state index contributed by atoms with van der Waals surface area (Å²) in [6.45, 7) is 3.84. The van der Waals surface area contributed by atoms with Crippen LogP contribution in [-0.2, 0) is 32.7 Å². The first-order chi connectivity index (χ1) is 38.0. The molecule has 0 saturated carbocycles. The number of carbonyl (C=O) groups is 2. The Morgan fingerprint density at radius 3 is 1.06 bits per heavy atom. The number of carbonyl (C=O) groups excluding carboxylic acids is 2. The molecule has 0 bridgehead atoms. The molecule has 0 rings (SSSR count). The summed E-state index contributed by atoms with van der Waals surface area (Å²) in [6, 6.07) is 0. The van der Waals surface area contributed by atoms with Crippen LogP contribution in [0.3, 0.4) is 0 Å². The maximum Gasteiger partial charge on any atom is 0.306 e. The fourth-order valence-corrected chi connectivity index (χ4v) is 7.44. The minimum atomic E-state index is -4.68. The Morgan fingerprint density at radius 2 is 0.718 bits per heavy atom. The second-order valence-corrected chi connectivity index (χ2v) is 20.9. The molecule has 10 heteroatoms. The molecule has 0 spiro atoms. The highest BCUT2D eigenvalue weighted by atomic mass is 31.2. The number of quaternary nitrogens is 1. The SMILES string of the molecule is CC/C=C\C/C=C\C/C=C\C/C=C\C/C=C\C/C=C\C/C=C\C/C=C\C/C=C\C/C=C\CCCCCCC(=O)OC(COC(=O)CC/C=C\C/C=C\C/C=C\C/C=C\C/C=C\C/C=C\CC)COP(=O)([O-])OCC[N+](C)(C)C. The van der Waals surface area contributed by atoms with Crippen molar-refractivity contribution in [2.75, 3.05) is 47.5 Å². The number of phosphoric ester groups is 1.